The van der Waals surface area contributed by atoms with Gasteiger partial charge in [-0.3, -0.25) is 0 Å². The lowest BCUT2D eigenvalue weighted by Crippen LogP contribution is -1.87. The number of hydrogen-bond acceptors (Lipinski definition) is 4. The summed E-state index contributed by atoms with van der Waals surface area (Å²) in [6.45, 7) is 4.07. The molecule has 5 heteroatoms. The number of aryl methyl sites for hydroxylation is 2. The van der Waals surface area contributed by atoms with Gasteiger partial charge in [0, 0.05) is 11.8 Å². The Kier molecular flexibility index (Phi) is 3.24. The third-order valence-corrected chi connectivity index (χ3v) is 3.34. The van der Waals surface area contributed by atoms with E-state index in [1.807, 2.05) is 26.0 Å². The maximum absolute atomic E-state index is 6.03. The summed E-state index contributed by atoms with van der Waals surface area (Å²) in [4.78, 5) is 8.40. The van der Waals surface area contributed by atoms with E-state index in [1.54, 1.807) is 18.3 Å². The summed E-state index contributed by atoms with van der Waals surface area (Å²) in [5.74, 6) is 0.926. The zero-order valence-corrected chi connectivity index (χ0v) is 11.8. The fourth-order valence-electron chi connectivity index (χ4n) is 2.05. The summed E-state index contributed by atoms with van der Waals surface area (Å²) in [7, 11) is 0. The molecule has 3 rings (SSSR count). The van der Waals surface area contributed by atoms with E-state index in [1.165, 1.54) is 5.56 Å². The number of halogens is 1. The minimum atomic E-state index is 0.350. The first kappa shape index (κ1) is 12.8. The van der Waals surface area contributed by atoms with Gasteiger partial charge in [0.05, 0.1) is 5.56 Å². The van der Waals surface area contributed by atoms with Gasteiger partial charge >= 0.3 is 0 Å². The van der Waals surface area contributed by atoms with E-state index in [9.17, 15) is 0 Å². The summed E-state index contributed by atoms with van der Waals surface area (Å²) in [5, 5.41) is 4.37. The van der Waals surface area contributed by atoms with E-state index < -0.39 is 0 Å². The van der Waals surface area contributed by atoms with Crippen LogP contribution in [0.3, 0.4) is 0 Å². The molecule has 0 saturated carbocycles. The first-order chi connectivity index (χ1) is 9.65. The van der Waals surface area contributed by atoms with E-state index in [-0.39, 0.29) is 0 Å². The van der Waals surface area contributed by atoms with Gasteiger partial charge in [-0.2, -0.15) is 4.98 Å². The predicted molar refractivity (Wildman–Crippen MR) is 77.4 cm³/mol. The van der Waals surface area contributed by atoms with Gasteiger partial charge in [0.25, 0.3) is 5.89 Å². The summed E-state index contributed by atoms with van der Waals surface area (Å²) < 4.78 is 5.29. The topological polar surface area (TPSA) is 51.8 Å². The van der Waals surface area contributed by atoms with Crippen LogP contribution >= 0.6 is 11.6 Å². The molecule has 0 bridgehead atoms. The fourth-order valence-corrected chi connectivity index (χ4v) is 2.25. The number of rotatable bonds is 2. The third kappa shape index (κ3) is 2.30. The van der Waals surface area contributed by atoms with Crippen LogP contribution in [-0.4, -0.2) is 15.1 Å². The molecule has 0 atom stereocenters. The summed E-state index contributed by atoms with van der Waals surface area (Å²) >= 11 is 6.03. The van der Waals surface area contributed by atoms with Gasteiger partial charge in [0.15, 0.2) is 0 Å². The van der Waals surface area contributed by atoms with Crippen LogP contribution in [0.1, 0.15) is 11.1 Å². The van der Waals surface area contributed by atoms with E-state index in [0.717, 1.165) is 11.1 Å². The number of aromatic nitrogens is 3. The van der Waals surface area contributed by atoms with E-state index >= 15 is 0 Å². The van der Waals surface area contributed by atoms with Gasteiger partial charge < -0.3 is 4.52 Å². The van der Waals surface area contributed by atoms with Crippen molar-refractivity contribution in [2.45, 2.75) is 13.8 Å². The van der Waals surface area contributed by atoms with Crippen molar-refractivity contribution in [1.29, 1.82) is 0 Å². The Balaban J connectivity index is 2.04. The molecule has 0 saturated heterocycles. The molecule has 0 aliphatic rings. The van der Waals surface area contributed by atoms with Crippen molar-refractivity contribution < 1.29 is 4.52 Å². The Hall–Kier alpha value is -2.20. The summed E-state index contributed by atoms with van der Waals surface area (Å²) in [6.07, 6.45) is 1.62. The van der Waals surface area contributed by atoms with Crippen LogP contribution in [0.25, 0.3) is 22.8 Å². The Morgan fingerprint density at radius 1 is 1.10 bits per heavy atom. The van der Waals surface area contributed by atoms with Crippen LogP contribution in [0, 0.1) is 13.8 Å². The molecule has 0 amide bonds. The van der Waals surface area contributed by atoms with Crippen molar-refractivity contribution >= 4 is 11.6 Å². The molecular weight excluding hydrogens is 274 g/mol. The zero-order chi connectivity index (χ0) is 14.1. The molecule has 0 fully saturated rings. The molecule has 2 heterocycles. The molecule has 100 valence electrons. The maximum Gasteiger partial charge on any atom is 0.261 e. The summed E-state index contributed by atoms with van der Waals surface area (Å²) in [6, 6.07) is 9.68. The Labute approximate surface area is 121 Å². The normalized spacial score (nSPS) is 10.8. The lowest BCUT2D eigenvalue weighted by atomic mass is 10.1. The van der Waals surface area contributed by atoms with Gasteiger partial charge in [-0.15, -0.1) is 0 Å². The Morgan fingerprint density at radius 3 is 2.70 bits per heavy atom. The van der Waals surface area contributed by atoms with Crippen molar-refractivity contribution in [3.05, 3.63) is 52.8 Å². The first-order valence-electron chi connectivity index (χ1n) is 6.17. The standard InChI is InChI=1S/C15H12ClN3O/c1-9-5-6-11(10(2)8-9)14-18-15(20-19-14)12-4-3-7-17-13(12)16/h3-8H,1-2H3. The smallest absolute Gasteiger partial charge is 0.261 e. The van der Waals surface area contributed by atoms with Gasteiger partial charge in [-0.25, -0.2) is 4.98 Å². The second kappa shape index (κ2) is 5.06. The molecule has 0 radical (unpaired) electrons. The molecule has 0 aliphatic carbocycles. The SMILES string of the molecule is Cc1ccc(-c2noc(-c3cccnc3Cl)n2)c(C)c1. The van der Waals surface area contributed by atoms with Crippen LogP contribution in [0.15, 0.2) is 41.1 Å². The van der Waals surface area contributed by atoms with Gasteiger partial charge in [0.2, 0.25) is 5.82 Å². The molecule has 0 N–H and O–H groups in total. The quantitative estimate of drug-likeness (QED) is 0.666. The lowest BCUT2D eigenvalue weighted by Gasteiger charge is -2.01. The van der Waals surface area contributed by atoms with Gasteiger partial charge in [0.1, 0.15) is 5.15 Å². The van der Waals surface area contributed by atoms with Crippen molar-refractivity contribution in [1.82, 2.24) is 15.1 Å². The first-order valence-corrected chi connectivity index (χ1v) is 6.55. The molecule has 2 aromatic heterocycles. The maximum atomic E-state index is 6.03. The Bertz CT molecular complexity index is 767. The highest BCUT2D eigenvalue weighted by Gasteiger charge is 2.14. The number of benzene rings is 1. The number of nitrogens with zero attached hydrogens (tertiary/aromatic N) is 3. The minimum absolute atomic E-state index is 0.350. The van der Waals surface area contributed by atoms with E-state index in [2.05, 4.69) is 21.2 Å². The highest BCUT2D eigenvalue weighted by atomic mass is 35.5. The lowest BCUT2D eigenvalue weighted by molar-refractivity contribution is 0.432. The molecule has 4 nitrogen and oxygen atoms in total. The minimum Gasteiger partial charge on any atom is -0.333 e. The Morgan fingerprint density at radius 2 is 1.95 bits per heavy atom. The molecule has 1 aromatic carbocycles. The highest BCUT2D eigenvalue weighted by molar-refractivity contribution is 6.31. The van der Waals surface area contributed by atoms with E-state index in [4.69, 9.17) is 16.1 Å². The monoisotopic (exact) mass is 285 g/mol. The van der Waals surface area contributed by atoms with Crippen LogP contribution in [-0.2, 0) is 0 Å². The average molecular weight is 286 g/mol. The van der Waals surface area contributed by atoms with Crippen LogP contribution in [0.5, 0.6) is 0 Å². The number of pyridine rings is 1. The van der Waals surface area contributed by atoms with Crippen molar-refractivity contribution in [3.8, 4) is 22.8 Å². The highest BCUT2D eigenvalue weighted by Crippen LogP contribution is 2.27. The third-order valence-electron chi connectivity index (χ3n) is 3.04. The van der Waals surface area contributed by atoms with Crippen LogP contribution in [0.4, 0.5) is 0 Å². The van der Waals surface area contributed by atoms with Crippen LogP contribution in [0.2, 0.25) is 5.15 Å². The zero-order valence-electron chi connectivity index (χ0n) is 11.1. The molecule has 0 unspecified atom stereocenters. The second-order valence-electron chi connectivity index (χ2n) is 4.58. The van der Waals surface area contributed by atoms with Crippen LogP contribution < -0.4 is 0 Å². The second-order valence-corrected chi connectivity index (χ2v) is 4.94. The average Bonchev–Trinajstić information content (AvgIpc) is 2.88. The molecule has 0 spiro atoms. The molecule has 0 aliphatic heterocycles. The fraction of sp³-hybridized carbons (Fsp3) is 0.133. The van der Waals surface area contributed by atoms with E-state index in [0.29, 0.717) is 22.4 Å². The van der Waals surface area contributed by atoms with Crippen molar-refractivity contribution in [3.63, 3.8) is 0 Å². The molecule has 20 heavy (non-hydrogen) atoms. The van der Waals surface area contributed by atoms with Gasteiger partial charge in [-0.05, 0) is 31.5 Å². The number of hydrogen-bond donors (Lipinski definition) is 0. The molecule has 3 aromatic rings. The van der Waals surface area contributed by atoms with Crippen molar-refractivity contribution in [2.75, 3.05) is 0 Å². The largest absolute Gasteiger partial charge is 0.333 e. The van der Waals surface area contributed by atoms with Gasteiger partial charge in [-0.1, -0.05) is 40.5 Å². The summed E-state index contributed by atoms with van der Waals surface area (Å²) in [5.41, 5.74) is 3.89. The van der Waals surface area contributed by atoms with Crippen molar-refractivity contribution in [2.24, 2.45) is 0 Å². The molecular formula is C15H12ClN3O. The predicted octanol–water partition coefficient (Wildman–Crippen LogP) is 4.07.